The first-order chi connectivity index (χ1) is 8.90. The fourth-order valence-corrected chi connectivity index (χ4v) is 5.62. The minimum Gasteiger partial charge on any atom is -0.381 e. The van der Waals surface area contributed by atoms with Crippen molar-refractivity contribution in [2.75, 3.05) is 7.11 Å². The van der Waals surface area contributed by atoms with Gasteiger partial charge in [-0.3, -0.25) is 4.79 Å². The Morgan fingerprint density at radius 3 is 2.47 bits per heavy atom. The Balaban J connectivity index is 1.85. The van der Waals surface area contributed by atoms with Crippen molar-refractivity contribution < 1.29 is 9.53 Å². The lowest BCUT2D eigenvalue weighted by Crippen LogP contribution is -2.43. The third kappa shape index (κ3) is 1.75. The molecule has 0 amide bonds. The van der Waals surface area contributed by atoms with Crippen LogP contribution in [0.1, 0.15) is 59.3 Å². The molecule has 3 rings (SSSR count). The molecule has 0 spiro atoms. The van der Waals surface area contributed by atoms with E-state index in [2.05, 4.69) is 20.8 Å². The van der Waals surface area contributed by atoms with Gasteiger partial charge in [0.15, 0.2) is 0 Å². The standard InChI is InChI=1S/C17H28O2/c1-16(2)11-7-8-17(16,3)14(9-11)13-6-5-12(18)10-15(13)19-4/h11,13-15H,5-10H2,1-4H3/t11-,13?,14+,15?,17+/m1/s1. The van der Waals surface area contributed by atoms with E-state index in [1.54, 1.807) is 7.11 Å². The third-order valence-corrected chi connectivity index (χ3v) is 7.34. The summed E-state index contributed by atoms with van der Waals surface area (Å²) >= 11 is 0. The molecule has 0 aromatic carbocycles. The molecule has 2 bridgehead atoms. The lowest BCUT2D eigenvalue weighted by molar-refractivity contribution is -0.129. The molecule has 3 saturated carbocycles. The highest BCUT2D eigenvalue weighted by Gasteiger charge is 2.63. The molecule has 5 atom stereocenters. The van der Waals surface area contributed by atoms with Gasteiger partial charge in [-0.05, 0) is 54.3 Å². The van der Waals surface area contributed by atoms with E-state index in [-0.39, 0.29) is 6.10 Å². The summed E-state index contributed by atoms with van der Waals surface area (Å²) in [6.45, 7) is 7.45. The monoisotopic (exact) mass is 264 g/mol. The number of ketones is 1. The van der Waals surface area contributed by atoms with Gasteiger partial charge < -0.3 is 4.74 Å². The second-order valence-electron chi connectivity index (χ2n) is 7.94. The fourth-order valence-electron chi connectivity index (χ4n) is 5.62. The van der Waals surface area contributed by atoms with Crippen LogP contribution in [-0.2, 0) is 9.53 Å². The first-order valence-corrected chi connectivity index (χ1v) is 7.94. The number of carbonyl (C=O) groups is 1. The summed E-state index contributed by atoms with van der Waals surface area (Å²) in [7, 11) is 1.79. The highest BCUT2D eigenvalue weighted by atomic mass is 16.5. The van der Waals surface area contributed by atoms with E-state index in [1.165, 1.54) is 19.3 Å². The van der Waals surface area contributed by atoms with Crippen LogP contribution >= 0.6 is 0 Å². The molecule has 2 nitrogen and oxygen atoms in total. The molecule has 0 N–H and O–H groups in total. The minimum atomic E-state index is 0.179. The first-order valence-electron chi connectivity index (χ1n) is 7.94. The smallest absolute Gasteiger partial charge is 0.135 e. The normalized spacial score (nSPS) is 48.7. The highest BCUT2D eigenvalue weighted by molar-refractivity contribution is 5.79. The SMILES string of the molecule is COC1CC(=O)CCC1[C@@H]1C[C@H]2CC[C@]1(C)C2(C)C. The van der Waals surface area contributed by atoms with E-state index in [4.69, 9.17) is 4.74 Å². The van der Waals surface area contributed by atoms with Gasteiger partial charge in [0.2, 0.25) is 0 Å². The zero-order chi connectivity index (χ0) is 13.8. The Kier molecular flexibility index (Phi) is 3.09. The maximum Gasteiger partial charge on any atom is 0.135 e. The number of rotatable bonds is 2. The fraction of sp³-hybridized carbons (Fsp3) is 0.941. The maximum atomic E-state index is 11.7. The van der Waals surface area contributed by atoms with Crippen molar-refractivity contribution in [2.45, 2.75) is 65.4 Å². The first kappa shape index (κ1) is 13.6. The number of hydrogen-bond acceptors (Lipinski definition) is 2. The molecule has 3 aliphatic rings. The number of methoxy groups -OCH3 is 1. The van der Waals surface area contributed by atoms with Gasteiger partial charge in [0, 0.05) is 20.0 Å². The van der Waals surface area contributed by atoms with Gasteiger partial charge in [-0.25, -0.2) is 0 Å². The van der Waals surface area contributed by atoms with Gasteiger partial charge in [0.1, 0.15) is 5.78 Å². The Hall–Kier alpha value is -0.370. The second kappa shape index (κ2) is 4.31. The highest BCUT2D eigenvalue weighted by Crippen LogP contribution is 2.70. The van der Waals surface area contributed by atoms with Crippen molar-refractivity contribution in [2.24, 2.45) is 28.6 Å². The molecule has 0 aromatic heterocycles. The lowest BCUT2D eigenvalue weighted by atomic mass is 9.60. The van der Waals surface area contributed by atoms with Crippen molar-refractivity contribution >= 4 is 5.78 Å². The van der Waals surface area contributed by atoms with E-state index in [9.17, 15) is 4.79 Å². The van der Waals surface area contributed by atoms with Gasteiger partial charge in [-0.2, -0.15) is 0 Å². The summed E-state index contributed by atoms with van der Waals surface area (Å²) in [6, 6.07) is 0. The molecular weight excluding hydrogens is 236 g/mol. The van der Waals surface area contributed by atoms with Gasteiger partial charge in [-0.15, -0.1) is 0 Å². The molecule has 19 heavy (non-hydrogen) atoms. The van der Waals surface area contributed by atoms with Crippen LogP contribution in [0.4, 0.5) is 0 Å². The predicted octanol–water partition coefficient (Wildman–Crippen LogP) is 3.83. The molecule has 3 aliphatic carbocycles. The van der Waals surface area contributed by atoms with Crippen LogP contribution in [0.5, 0.6) is 0 Å². The largest absolute Gasteiger partial charge is 0.381 e. The summed E-state index contributed by atoms with van der Waals surface area (Å²) in [5.41, 5.74) is 0.927. The van der Waals surface area contributed by atoms with E-state index in [0.29, 0.717) is 29.0 Å². The molecule has 0 heterocycles. The van der Waals surface area contributed by atoms with Crippen LogP contribution < -0.4 is 0 Å². The average molecular weight is 264 g/mol. The summed E-state index contributed by atoms with van der Waals surface area (Å²) in [5.74, 6) is 2.66. The molecule has 0 aromatic rings. The van der Waals surface area contributed by atoms with Crippen LogP contribution in [0.25, 0.3) is 0 Å². The van der Waals surface area contributed by atoms with Crippen LogP contribution in [-0.4, -0.2) is 19.0 Å². The Morgan fingerprint density at radius 1 is 1.21 bits per heavy atom. The number of hydrogen-bond donors (Lipinski definition) is 0. The van der Waals surface area contributed by atoms with Crippen molar-refractivity contribution in [3.8, 4) is 0 Å². The second-order valence-corrected chi connectivity index (χ2v) is 7.94. The third-order valence-electron chi connectivity index (χ3n) is 7.34. The minimum absolute atomic E-state index is 0.179. The summed E-state index contributed by atoms with van der Waals surface area (Å²) in [6.07, 6.45) is 6.81. The van der Waals surface area contributed by atoms with Gasteiger partial charge in [0.05, 0.1) is 6.10 Å². The van der Waals surface area contributed by atoms with Gasteiger partial charge in [-0.1, -0.05) is 20.8 Å². The molecule has 0 aliphatic heterocycles. The molecule has 2 heteroatoms. The quantitative estimate of drug-likeness (QED) is 0.757. The van der Waals surface area contributed by atoms with Crippen molar-refractivity contribution in [1.29, 1.82) is 0 Å². The topological polar surface area (TPSA) is 26.3 Å². The Bertz CT molecular complexity index is 387. The van der Waals surface area contributed by atoms with Crippen molar-refractivity contribution in [3.05, 3.63) is 0 Å². The zero-order valence-electron chi connectivity index (χ0n) is 12.9. The van der Waals surface area contributed by atoms with E-state index in [0.717, 1.165) is 24.7 Å². The number of fused-ring (bicyclic) bond motifs is 2. The summed E-state index contributed by atoms with van der Waals surface area (Å²) in [4.78, 5) is 11.7. The Morgan fingerprint density at radius 2 is 1.95 bits per heavy atom. The lowest BCUT2D eigenvalue weighted by Gasteiger charge is -2.46. The molecular formula is C17H28O2. The van der Waals surface area contributed by atoms with Gasteiger partial charge >= 0.3 is 0 Å². The van der Waals surface area contributed by atoms with Crippen LogP contribution in [0.2, 0.25) is 0 Å². The molecule has 2 unspecified atom stereocenters. The molecule has 108 valence electrons. The van der Waals surface area contributed by atoms with Crippen LogP contribution in [0, 0.1) is 28.6 Å². The van der Waals surface area contributed by atoms with E-state index >= 15 is 0 Å². The molecule has 0 saturated heterocycles. The summed E-state index contributed by atoms with van der Waals surface area (Å²) < 4.78 is 5.69. The van der Waals surface area contributed by atoms with Gasteiger partial charge in [0.25, 0.3) is 0 Å². The van der Waals surface area contributed by atoms with Crippen molar-refractivity contribution in [1.82, 2.24) is 0 Å². The van der Waals surface area contributed by atoms with Crippen LogP contribution in [0.3, 0.4) is 0 Å². The summed E-state index contributed by atoms with van der Waals surface area (Å²) in [5, 5.41) is 0. The van der Waals surface area contributed by atoms with Crippen LogP contribution in [0.15, 0.2) is 0 Å². The van der Waals surface area contributed by atoms with Crippen molar-refractivity contribution in [3.63, 3.8) is 0 Å². The molecule has 3 fully saturated rings. The molecule has 0 radical (unpaired) electrons. The average Bonchev–Trinajstić information content (AvgIpc) is 2.71. The van der Waals surface area contributed by atoms with E-state index in [1.807, 2.05) is 0 Å². The number of ether oxygens (including phenoxy) is 1. The zero-order valence-corrected chi connectivity index (χ0v) is 12.9. The Labute approximate surface area is 117 Å². The van der Waals surface area contributed by atoms with E-state index < -0.39 is 0 Å². The maximum absolute atomic E-state index is 11.7. The predicted molar refractivity (Wildman–Crippen MR) is 75.9 cm³/mol. The number of carbonyl (C=O) groups excluding carboxylic acids is 1. The number of Topliss-reactive ketones (excluding diaryl/α,β-unsaturated/α-hetero) is 1.